The normalized spacial score (nSPS) is 16.3. The SMILES string of the molecule is Cc1ccc(S(=O)(=O)N2CCC(C(=O)Nc3ccccc3OC(F)(F)F)CC2)cc1. The number of sulfonamides is 1. The standard InChI is InChI=1S/C20H21F3N2O4S/c1-14-6-8-16(9-7-14)30(27,28)25-12-10-15(11-13-25)19(26)24-17-4-2-3-5-18(17)29-20(21,22)23/h2-9,15H,10-13H2,1H3,(H,24,26). The van der Waals surface area contributed by atoms with E-state index in [1.165, 1.54) is 22.5 Å². The van der Waals surface area contributed by atoms with Gasteiger partial charge in [0.25, 0.3) is 0 Å². The molecule has 1 aliphatic heterocycles. The Bertz CT molecular complexity index is 999. The number of hydrogen-bond acceptors (Lipinski definition) is 4. The Kier molecular flexibility index (Phi) is 6.37. The number of para-hydroxylation sites is 2. The lowest BCUT2D eigenvalue weighted by Gasteiger charge is -2.30. The molecule has 0 aliphatic carbocycles. The Morgan fingerprint density at radius 2 is 1.67 bits per heavy atom. The zero-order valence-corrected chi connectivity index (χ0v) is 17.0. The highest BCUT2D eigenvalue weighted by atomic mass is 32.2. The molecule has 0 atom stereocenters. The van der Waals surface area contributed by atoms with Crippen molar-refractivity contribution < 1.29 is 31.1 Å². The molecular formula is C20H21F3N2O4S. The third-order valence-corrected chi connectivity index (χ3v) is 6.77. The molecule has 1 aliphatic rings. The Morgan fingerprint density at radius 3 is 2.27 bits per heavy atom. The van der Waals surface area contributed by atoms with Gasteiger partial charge in [0.2, 0.25) is 15.9 Å². The Hall–Kier alpha value is -2.59. The molecule has 30 heavy (non-hydrogen) atoms. The average molecular weight is 442 g/mol. The largest absolute Gasteiger partial charge is 0.573 e. The number of nitrogens with zero attached hydrogens (tertiary/aromatic N) is 1. The number of carbonyl (C=O) groups excluding carboxylic acids is 1. The molecule has 1 heterocycles. The van der Waals surface area contributed by atoms with Gasteiger partial charge in [-0.1, -0.05) is 29.8 Å². The minimum Gasteiger partial charge on any atom is -0.404 e. The van der Waals surface area contributed by atoms with E-state index in [1.807, 2.05) is 6.92 Å². The average Bonchev–Trinajstić information content (AvgIpc) is 2.69. The van der Waals surface area contributed by atoms with Crippen molar-refractivity contribution in [3.8, 4) is 5.75 Å². The number of benzene rings is 2. The van der Waals surface area contributed by atoms with E-state index in [1.54, 1.807) is 24.3 Å². The van der Waals surface area contributed by atoms with Crippen molar-refractivity contribution in [3.05, 3.63) is 54.1 Å². The molecular weight excluding hydrogens is 421 g/mol. The summed E-state index contributed by atoms with van der Waals surface area (Å²) in [5.74, 6) is -1.49. The van der Waals surface area contributed by atoms with Crippen LogP contribution in [0.4, 0.5) is 18.9 Å². The lowest BCUT2D eigenvalue weighted by Crippen LogP contribution is -2.41. The van der Waals surface area contributed by atoms with Gasteiger partial charge in [-0.2, -0.15) is 4.31 Å². The molecule has 2 aromatic carbocycles. The molecule has 0 spiro atoms. The van der Waals surface area contributed by atoms with E-state index in [0.717, 1.165) is 11.6 Å². The monoisotopic (exact) mass is 442 g/mol. The first-order valence-corrected chi connectivity index (χ1v) is 10.7. The number of alkyl halides is 3. The predicted molar refractivity (Wildman–Crippen MR) is 104 cm³/mol. The van der Waals surface area contributed by atoms with Crippen LogP contribution in [0.2, 0.25) is 0 Å². The number of amides is 1. The number of aryl methyl sites for hydroxylation is 1. The van der Waals surface area contributed by atoms with Crippen LogP contribution in [0.15, 0.2) is 53.4 Å². The zero-order valence-electron chi connectivity index (χ0n) is 16.1. The lowest BCUT2D eigenvalue weighted by molar-refractivity contribution is -0.274. The molecule has 162 valence electrons. The smallest absolute Gasteiger partial charge is 0.404 e. The van der Waals surface area contributed by atoms with Crippen molar-refractivity contribution in [1.29, 1.82) is 0 Å². The molecule has 2 aromatic rings. The van der Waals surface area contributed by atoms with Crippen LogP contribution in [0.1, 0.15) is 18.4 Å². The minimum atomic E-state index is -4.88. The molecule has 3 rings (SSSR count). The molecule has 10 heteroatoms. The molecule has 6 nitrogen and oxygen atoms in total. The fourth-order valence-electron chi connectivity index (χ4n) is 3.24. The van der Waals surface area contributed by atoms with E-state index in [9.17, 15) is 26.4 Å². The molecule has 0 aromatic heterocycles. The summed E-state index contributed by atoms with van der Waals surface area (Å²) < 4.78 is 68.3. The second-order valence-electron chi connectivity index (χ2n) is 7.02. The Labute approximate surface area is 172 Å². The molecule has 0 saturated carbocycles. The lowest BCUT2D eigenvalue weighted by atomic mass is 9.97. The molecule has 1 saturated heterocycles. The van der Waals surface area contributed by atoms with Crippen LogP contribution < -0.4 is 10.1 Å². The van der Waals surface area contributed by atoms with Crippen LogP contribution in [0.5, 0.6) is 5.75 Å². The Balaban J connectivity index is 1.63. The van der Waals surface area contributed by atoms with Crippen LogP contribution in [0.25, 0.3) is 0 Å². The highest BCUT2D eigenvalue weighted by Crippen LogP contribution is 2.31. The number of rotatable bonds is 5. The van der Waals surface area contributed by atoms with E-state index in [2.05, 4.69) is 10.1 Å². The molecule has 0 unspecified atom stereocenters. The summed E-state index contributed by atoms with van der Waals surface area (Å²) in [5, 5.41) is 2.46. The number of anilines is 1. The number of piperidine rings is 1. The first-order valence-electron chi connectivity index (χ1n) is 9.29. The van der Waals surface area contributed by atoms with Gasteiger partial charge in [-0.25, -0.2) is 8.42 Å². The summed E-state index contributed by atoms with van der Waals surface area (Å²) >= 11 is 0. The van der Waals surface area contributed by atoms with Crippen molar-refractivity contribution in [2.75, 3.05) is 18.4 Å². The summed E-state index contributed by atoms with van der Waals surface area (Å²) in [6.07, 6.45) is -4.35. The fraction of sp³-hybridized carbons (Fsp3) is 0.350. The van der Waals surface area contributed by atoms with E-state index >= 15 is 0 Å². The van der Waals surface area contributed by atoms with Crippen molar-refractivity contribution in [3.63, 3.8) is 0 Å². The zero-order chi connectivity index (χ0) is 21.9. The van der Waals surface area contributed by atoms with Crippen LogP contribution in [0.3, 0.4) is 0 Å². The van der Waals surface area contributed by atoms with Crippen LogP contribution in [-0.4, -0.2) is 38.1 Å². The van der Waals surface area contributed by atoms with Gasteiger partial charge in [-0.3, -0.25) is 4.79 Å². The third kappa shape index (κ3) is 5.31. The van der Waals surface area contributed by atoms with E-state index in [-0.39, 0.29) is 36.5 Å². The van der Waals surface area contributed by atoms with Gasteiger partial charge >= 0.3 is 6.36 Å². The van der Waals surface area contributed by atoms with Gasteiger partial charge < -0.3 is 10.1 Å². The van der Waals surface area contributed by atoms with Crippen molar-refractivity contribution in [2.24, 2.45) is 5.92 Å². The topological polar surface area (TPSA) is 75.7 Å². The predicted octanol–water partition coefficient (Wildman–Crippen LogP) is 3.93. The maximum Gasteiger partial charge on any atom is 0.573 e. The first kappa shape index (κ1) is 22.1. The summed E-state index contributed by atoms with van der Waals surface area (Å²) in [7, 11) is -3.66. The number of hydrogen-bond donors (Lipinski definition) is 1. The van der Waals surface area contributed by atoms with Gasteiger partial charge in [-0.05, 0) is 44.0 Å². The summed E-state index contributed by atoms with van der Waals surface area (Å²) in [6, 6.07) is 11.8. The molecule has 0 radical (unpaired) electrons. The van der Waals surface area contributed by atoms with Crippen LogP contribution in [0, 0.1) is 12.8 Å². The first-order chi connectivity index (χ1) is 14.1. The third-order valence-electron chi connectivity index (χ3n) is 4.85. The van der Waals surface area contributed by atoms with Gasteiger partial charge in [0, 0.05) is 19.0 Å². The van der Waals surface area contributed by atoms with Crippen LogP contribution in [-0.2, 0) is 14.8 Å². The summed E-state index contributed by atoms with van der Waals surface area (Å²) in [6.45, 7) is 2.16. The van der Waals surface area contributed by atoms with Crippen molar-refractivity contribution in [1.82, 2.24) is 4.31 Å². The number of carbonyl (C=O) groups is 1. The van der Waals surface area contributed by atoms with Crippen molar-refractivity contribution >= 4 is 21.6 Å². The summed E-state index contributed by atoms with van der Waals surface area (Å²) in [5.41, 5.74) is 0.855. The van der Waals surface area contributed by atoms with Gasteiger partial charge in [0.1, 0.15) is 0 Å². The van der Waals surface area contributed by atoms with Gasteiger partial charge in [0.15, 0.2) is 5.75 Å². The second kappa shape index (κ2) is 8.65. The second-order valence-corrected chi connectivity index (χ2v) is 8.96. The van der Waals surface area contributed by atoms with Crippen LogP contribution >= 0.6 is 0 Å². The number of nitrogens with one attached hydrogen (secondary N) is 1. The fourth-order valence-corrected chi connectivity index (χ4v) is 4.71. The Morgan fingerprint density at radius 1 is 1.07 bits per heavy atom. The quantitative estimate of drug-likeness (QED) is 0.761. The number of halogens is 3. The highest BCUT2D eigenvalue weighted by molar-refractivity contribution is 7.89. The summed E-state index contributed by atoms with van der Waals surface area (Å²) in [4.78, 5) is 12.7. The molecule has 1 amide bonds. The molecule has 1 N–H and O–H groups in total. The number of ether oxygens (including phenoxy) is 1. The molecule has 0 bridgehead atoms. The maximum absolute atomic E-state index is 12.7. The van der Waals surface area contributed by atoms with E-state index in [4.69, 9.17) is 0 Å². The van der Waals surface area contributed by atoms with Gasteiger partial charge in [-0.15, -0.1) is 13.2 Å². The van der Waals surface area contributed by atoms with E-state index < -0.39 is 34.0 Å². The van der Waals surface area contributed by atoms with E-state index in [0.29, 0.717) is 0 Å². The minimum absolute atomic E-state index is 0.0884. The van der Waals surface area contributed by atoms with Crippen molar-refractivity contribution in [2.45, 2.75) is 31.0 Å². The molecule has 1 fully saturated rings. The van der Waals surface area contributed by atoms with Gasteiger partial charge in [0.05, 0.1) is 10.6 Å². The highest BCUT2D eigenvalue weighted by Gasteiger charge is 2.34. The maximum atomic E-state index is 12.7.